The summed E-state index contributed by atoms with van der Waals surface area (Å²) in [5, 5.41) is 7.91. The molecule has 1 aliphatic rings. The number of halogens is 1. The van der Waals surface area contributed by atoms with E-state index >= 15 is 0 Å². The fraction of sp³-hybridized carbons (Fsp3) is 0.900. The van der Waals surface area contributed by atoms with Crippen LogP contribution in [0.5, 0.6) is 0 Å². The summed E-state index contributed by atoms with van der Waals surface area (Å²) >= 11 is 5.70. The van der Waals surface area contributed by atoms with Crippen LogP contribution in [0.15, 0.2) is 0 Å². The van der Waals surface area contributed by atoms with E-state index in [0.717, 1.165) is 25.9 Å². The lowest BCUT2D eigenvalue weighted by Crippen LogP contribution is -2.44. The van der Waals surface area contributed by atoms with E-state index in [1.54, 1.807) is 0 Å². The maximum atomic E-state index is 10.6. The third-order valence-electron chi connectivity index (χ3n) is 2.97. The molecule has 1 atom stereocenters. The number of piperidine rings is 1. The molecule has 0 amide bonds. The smallest absolute Gasteiger partial charge is 0.322 e. The molecule has 1 fully saturated rings. The van der Waals surface area contributed by atoms with Gasteiger partial charge in [0.25, 0.3) is 0 Å². The molecule has 1 unspecified atom stereocenters. The van der Waals surface area contributed by atoms with Gasteiger partial charge in [-0.1, -0.05) is 0 Å². The molecule has 0 aromatic carbocycles. The molecule has 88 valence electrons. The molecule has 0 radical (unpaired) electrons. The summed E-state index contributed by atoms with van der Waals surface area (Å²) in [4.78, 5) is 14.9. The molecule has 5 heteroatoms. The van der Waals surface area contributed by atoms with E-state index in [0.29, 0.717) is 12.6 Å². The second-order valence-corrected chi connectivity index (χ2v) is 4.83. The van der Waals surface area contributed by atoms with Crippen molar-refractivity contribution < 1.29 is 9.90 Å². The van der Waals surface area contributed by atoms with Gasteiger partial charge in [-0.25, -0.2) is 0 Å². The first-order valence-corrected chi connectivity index (χ1v) is 5.70. The third kappa shape index (κ3) is 3.97. The van der Waals surface area contributed by atoms with Crippen LogP contribution >= 0.6 is 11.6 Å². The number of rotatable bonds is 4. The van der Waals surface area contributed by atoms with Crippen LogP contribution in [0, 0.1) is 0 Å². The van der Waals surface area contributed by atoms with Gasteiger partial charge < -0.3 is 14.9 Å². The highest BCUT2D eigenvalue weighted by atomic mass is 35.5. The van der Waals surface area contributed by atoms with E-state index in [2.05, 4.69) is 23.9 Å². The number of carboxylic acid groups (broad SMARTS) is 1. The number of alkyl halides is 1. The van der Waals surface area contributed by atoms with Crippen molar-refractivity contribution in [2.75, 3.05) is 33.7 Å². The van der Waals surface area contributed by atoms with Crippen molar-refractivity contribution in [2.45, 2.75) is 24.3 Å². The Hall–Kier alpha value is -0.320. The first-order valence-electron chi connectivity index (χ1n) is 5.26. The second kappa shape index (κ2) is 5.68. The van der Waals surface area contributed by atoms with Crippen LogP contribution in [-0.2, 0) is 4.79 Å². The summed E-state index contributed by atoms with van der Waals surface area (Å²) in [6.45, 7) is 2.34. The Labute approximate surface area is 95.8 Å². The molecular weight excluding hydrogens is 216 g/mol. The van der Waals surface area contributed by atoms with Gasteiger partial charge in [0.15, 0.2) is 0 Å². The zero-order chi connectivity index (χ0) is 11.4. The van der Waals surface area contributed by atoms with Crippen LogP contribution in [0.3, 0.4) is 0 Å². The molecule has 0 spiro atoms. The number of hydrogen-bond acceptors (Lipinski definition) is 3. The van der Waals surface area contributed by atoms with Crippen LogP contribution in [0.2, 0.25) is 0 Å². The minimum atomic E-state index is -0.925. The predicted molar refractivity (Wildman–Crippen MR) is 60.4 cm³/mol. The number of carboxylic acids is 1. The third-order valence-corrected chi connectivity index (χ3v) is 3.30. The highest BCUT2D eigenvalue weighted by Gasteiger charge is 2.24. The summed E-state index contributed by atoms with van der Waals surface area (Å²) < 4.78 is 0. The van der Waals surface area contributed by atoms with Gasteiger partial charge >= 0.3 is 5.97 Å². The molecule has 0 saturated carbocycles. The average molecular weight is 235 g/mol. The second-order valence-electron chi connectivity index (χ2n) is 4.30. The lowest BCUT2D eigenvalue weighted by molar-refractivity contribution is -0.137. The normalized spacial score (nSPS) is 21.9. The molecule has 1 rings (SSSR count). The maximum Gasteiger partial charge on any atom is 0.322 e. The number of carbonyl (C=O) groups is 1. The predicted octanol–water partition coefficient (Wildman–Crippen LogP) is 0.704. The monoisotopic (exact) mass is 234 g/mol. The zero-order valence-electron chi connectivity index (χ0n) is 9.32. The van der Waals surface area contributed by atoms with E-state index in [4.69, 9.17) is 16.7 Å². The highest BCUT2D eigenvalue weighted by Crippen LogP contribution is 2.15. The first kappa shape index (κ1) is 12.7. The van der Waals surface area contributed by atoms with E-state index in [1.165, 1.54) is 0 Å². The van der Waals surface area contributed by atoms with Crippen molar-refractivity contribution in [3.05, 3.63) is 0 Å². The van der Waals surface area contributed by atoms with Crippen LogP contribution in [0.25, 0.3) is 0 Å². The van der Waals surface area contributed by atoms with Crippen LogP contribution in [0.4, 0.5) is 0 Å². The molecule has 1 saturated heterocycles. The standard InChI is InChI=1S/C10H19ClN2O2/c1-12(2)8-3-5-13(6-4-8)7-9(11)10(14)15/h8-9H,3-7H2,1-2H3,(H,14,15). The molecule has 1 heterocycles. The lowest BCUT2D eigenvalue weighted by Gasteiger charge is -2.35. The fourth-order valence-electron chi connectivity index (χ4n) is 1.92. The Morgan fingerprint density at radius 2 is 2.07 bits per heavy atom. The Morgan fingerprint density at radius 1 is 1.53 bits per heavy atom. The Balaban J connectivity index is 2.28. The van der Waals surface area contributed by atoms with Gasteiger partial charge in [-0.3, -0.25) is 4.79 Å². The van der Waals surface area contributed by atoms with Crippen molar-refractivity contribution in [1.82, 2.24) is 9.80 Å². The number of hydrogen-bond donors (Lipinski definition) is 1. The minimum absolute atomic E-state index is 0.455. The minimum Gasteiger partial charge on any atom is -0.480 e. The van der Waals surface area contributed by atoms with E-state index < -0.39 is 11.3 Å². The van der Waals surface area contributed by atoms with Crippen LogP contribution < -0.4 is 0 Å². The number of aliphatic carboxylic acids is 1. The SMILES string of the molecule is CN(C)C1CCN(CC(Cl)C(=O)O)CC1. The lowest BCUT2D eigenvalue weighted by atomic mass is 10.0. The van der Waals surface area contributed by atoms with Gasteiger partial charge in [-0.05, 0) is 40.0 Å². The Kier molecular flexibility index (Phi) is 4.83. The molecule has 4 nitrogen and oxygen atoms in total. The van der Waals surface area contributed by atoms with Gasteiger partial charge in [0.05, 0.1) is 0 Å². The first-order chi connectivity index (χ1) is 7.00. The molecule has 15 heavy (non-hydrogen) atoms. The molecule has 0 bridgehead atoms. The zero-order valence-corrected chi connectivity index (χ0v) is 10.1. The highest BCUT2D eigenvalue weighted by molar-refractivity contribution is 6.29. The fourth-order valence-corrected chi connectivity index (χ4v) is 2.12. The topological polar surface area (TPSA) is 43.8 Å². The molecule has 0 aliphatic carbocycles. The Bertz CT molecular complexity index is 215. The van der Waals surface area contributed by atoms with Gasteiger partial charge in [0.2, 0.25) is 0 Å². The van der Waals surface area contributed by atoms with Gasteiger partial charge in [-0.15, -0.1) is 11.6 Å². The molecule has 0 aromatic rings. The number of likely N-dealkylation sites (tertiary alicyclic amines) is 1. The largest absolute Gasteiger partial charge is 0.480 e. The van der Waals surface area contributed by atoms with Gasteiger partial charge in [0, 0.05) is 12.6 Å². The summed E-state index contributed by atoms with van der Waals surface area (Å²) in [6, 6.07) is 0.625. The van der Waals surface area contributed by atoms with Gasteiger partial charge in [-0.2, -0.15) is 0 Å². The average Bonchev–Trinajstić information content (AvgIpc) is 2.18. The van der Waals surface area contributed by atoms with Crippen molar-refractivity contribution >= 4 is 17.6 Å². The molecule has 1 N–H and O–H groups in total. The molecule has 1 aliphatic heterocycles. The van der Waals surface area contributed by atoms with Gasteiger partial charge in [0.1, 0.15) is 5.38 Å². The number of nitrogens with zero attached hydrogens (tertiary/aromatic N) is 2. The quantitative estimate of drug-likeness (QED) is 0.728. The van der Waals surface area contributed by atoms with Crippen molar-refractivity contribution in [3.63, 3.8) is 0 Å². The van der Waals surface area contributed by atoms with E-state index in [9.17, 15) is 4.79 Å². The van der Waals surface area contributed by atoms with Crippen LogP contribution in [-0.4, -0.2) is 66.0 Å². The van der Waals surface area contributed by atoms with E-state index in [1.807, 2.05) is 0 Å². The summed E-state index contributed by atoms with van der Waals surface area (Å²) in [5.74, 6) is -0.925. The molecule has 0 aromatic heterocycles. The molecular formula is C10H19ClN2O2. The summed E-state index contributed by atoms with van der Waals surface area (Å²) in [7, 11) is 4.17. The summed E-state index contributed by atoms with van der Waals surface area (Å²) in [6.07, 6.45) is 2.19. The van der Waals surface area contributed by atoms with Crippen molar-refractivity contribution in [1.29, 1.82) is 0 Å². The van der Waals surface area contributed by atoms with E-state index in [-0.39, 0.29) is 0 Å². The summed E-state index contributed by atoms with van der Waals surface area (Å²) in [5.41, 5.74) is 0. The Morgan fingerprint density at radius 3 is 2.47 bits per heavy atom. The maximum absolute atomic E-state index is 10.6. The van der Waals surface area contributed by atoms with Crippen molar-refractivity contribution in [2.24, 2.45) is 0 Å². The van der Waals surface area contributed by atoms with Crippen LogP contribution in [0.1, 0.15) is 12.8 Å². The van der Waals surface area contributed by atoms with Crippen molar-refractivity contribution in [3.8, 4) is 0 Å².